The molecule has 4 nitrogen and oxygen atoms in total. The second-order valence-corrected chi connectivity index (χ2v) is 13.2. The topological polar surface area (TPSA) is 51.8 Å². The lowest BCUT2D eigenvalue weighted by Crippen LogP contribution is -2.01. The highest BCUT2D eigenvalue weighted by Gasteiger charge is 2.20. The molecule has 4 heteroatoms. The Kier molecular flexibility index (Phi) is 7.43. The normalized spacial score (nSPS) is 11.4. The van der Waals surface area contributed by atoms with Crippen molar-refractivity contribution in [2.75, 3.05) is 0 Å². The number of aromatic nitrogens is 3. The van der Waals surface area contributed by atoms with Gasteiger partial charge < -0.3 is 4.42 Å². The molecule has 2 heterocycles. The van der Waals surface area contributed by atoms with Crippen molar-refractivity contribution in [1.82, 2.24) is 15.0 Å². The molecular weight excluding hydrogens is 647 g/mol. The van der Waals surface area contributed by atoms with E-state index in [-0.39, 0.29) is 0 Å². The van der Waals surface area contributed by atoms with Gasteiger partial charge >= 0.3 is 0 Å². The van der Waals surface area contributed by atoms with Crippen molar-refractivity contribution in [3.63, 3.8) is 0 Å². The van der Waals surface area contributed by atoms with Crippen LogP contribution in [0, 0.1) is 0 Å². The summed E-state index contributed by atoms with van der Waals surface area (Å²) in [5.41, 5.74) is 11.1. The smallest absolute Gasteiger partial charge is 0.164 e. The van der Waals surface area contributed by atoms with Crippen LogP contribution in [0.15, 0.2) is 192 Å². The van der Waals surface area contributed by atoms with Gasteiger partial charge in [0.05, 0.1) is 0 Å². The van der Waals surface area contributed by atoms with Gasteiger partial charge in [-0.3, -0.25) is 0 Å². The third kappa shape index (κ3) is 5.63. The van der Waals surface area contributed by atoms with Gasteiger partial charge in [0.2, 0.25) is 0 Å². The highest BCUT2D eigenvalue weighted by molar-refractivity contribution is 6.18. The predicted octanol–water partition coefficient (Wildman–Crippen LogP) is 12.9. The fraction of sp³-hybridized carbons (Fsp3) is 0. The first-order valence-electron chi connectivity index (χ1n) is 17.8. The number of hydrogen-bond acceptors (Lipinski definition) is 4. The van der Waals surface area contributed by atoms with Gasteiger partial charge in [0.25, 0.3) is 0 Å². The molecule has 0 aliphatic rings. The van der Waals surface area contributed by atoms with E-state index in [0.29, 0.717) is 17.5 Å². The Hall–Kier alpha value is -7.17. The third-order valence-corrected chi connectivity index (χ3v) is 9.92. The number of benzene rings is 8. The van der Waals surface area contributed by atoms with Gasteiger partial charge in [-0.2, -0.15) is 0 Å². The van der Waals surface area contributed by atoms with Crippen LogP contribution in [-0.2, 0) is 0 Å². The van der Waals surface area contributed by atoms with Gasteiger partial charge in [-0.05, 0) is 69.1 Å². The summed E-state index contributed by atoms with van der Waals surface area (Å²) in [6.45, 7) is 0. The number of fused-ring (bicyclic) bond motifs is 5. The summed E-state index contributed by atoms with van der Waals surface area (Å²) in [5.74, 6) is 1.79. The minimum Gasteiger partial charge on any atom is -0.455 e. The average molecular weight is 678 g/mol. The Labute approximate surface area is 306 Å². The summed E-state index contributed by atoms with van der Waals surface area (Å²) in [7, 11) is 0. The minimum atomic E-state index is 0.588. The maximum atomic E-state index is 6.57. The van der Waals surface area contributed by atoms with Crippen LogP contribution in [0.1, 0.15) is 0 Å². The van der Waals surface area contributed by atoms with Gasteiger partial charge in [-0.25, -0.2) is 15.0 Å². The molecule has 0 amide bonds. The first-order valence-corrected chi connectivity index (χ1v) is 17.8. The molecule has 0 N–H and O–H groups in total. The van der Waals surface area contributed by atoms with Crippen LogP contribution in [-0.4, -0.2) is 15.0 Å². The van der Waals surface area contributed by atoms with Crippen molar-refractivity contribution in [3.8, 4) is 67.5 Å². The molecule has 0 radical (unpaired) electrons. The van der Waals surface area contributed by atoms with E-state index in [1.54, 1.807) is 0 Å². The summed E-state index contributed by atoms with van der Waals surface area (Å²) in [5, 5.41) is 4.23. The Bertz CT molecular complexity index is 2860. The van der Waals surface area contributed by atoms with Crippen LogP contribution < -0.4 is 0 Å². The van der Waals surface area contributed by atoms with Crippen LogP contribution in [0.4, 0.5) is 0 Å². The summed E-state index contributed by atoms with van der Waals surface area (Å²) >= 11 is 0. The zero-order valence-electron chi connectivity index (χ0n) is 28.6. The molecule has 10 aromatic rings. The van der Waals surface area contributed by atoms with Crippen molar-refractivity contribution in [2.45, 2.75) is 0 Å². The molecule has 0 aliphatic heterocycles. The molecular formula is C49H31N3O. The van der Waals surface area contributed by atoms with E-state index in [2.05, 4.69) is 158 Å². The molecule has 0 bridgehead atoms. The molecule has 0 spiro atoms. The van der Waals surface area contributed by atoms with E-state index in [0.717, 1.165) is 82.8 Å². The molecule has 0 saturated heterocycles. The van der Waals surface area contributed by atoms with Crippen molar-refractivity contribution >= 4 is 32.7 Å². The highest BCUT2D eigenvalue weighted by Crippen LogP contribution is 2.40. The maximum Gasteiger partial charge on any atom is 0.164 e. The molecule has 0 aliphatic carbocycles. The second-order valence-electron chi connectivity index (χ2n) is 13.2. The molecule has 0 atom stereocenters. The zero-order chi connectivity index (χ0) is 35.1. The average Bonchev–Trinajstić information content (AvgIpc) is 3.64. The van der Waals surface area contributed by atoms with E-state index >= 15 is 0 Å². The Balaban J connectivity index is 1.21. The second kappa shape index (κ2) is 12.9. The van der Waals surface area contributed by atoms with Gasteiger partial charge in [-0.1, -0.05) is 158 Å². The molecule has 248 valence electrons. The van der Waals surface area contributed by atoms with Crippen LogP contribution in [0.5, 0.6) is 0 Å². The maximum absolute atomic E-state index is 6.57. The number of furan rings is 1. The van der Waals surface area contributed by atoms with Crippen molar-refractivity contribution < 1.29 is 4.42 Å². The summed E-state index contributed by atoms with van der Waals surface area (Å²) in [6, 6.07) is 65.2. The molecule has 53 heavy (non-hydrogen) atoms. The lowest BCUT2D eigenvalue weighted by atomic mass is 9.95. The molecule has 2 aromatic heterocycles. The van der Waals surface area contributed by atoms with Crippen LogP contribution in [0.25, 0.3) is 100 Å². The first kappa shape index (κ1) is 30.6. The third-order valence-electron chi connectivity index (χ3n) is 9.92. The van der Waals surface area contributed by atoms with Crippen LogP contribution in [0.3, 0.4) is 0 Å². The lowest BCUT2D eigenvalue weighted by Gasteiger charge is -2.13. The van der Waals surface area contributed by atoms with Gasteiger partial charge in [0.1, 0.15) is 11.2 Å². The molecule has 0 unspecified atom stereocenters. The first-order chi connectivity index (χ1) is 26.2. The molecule has 0 fully saturated rings. The molecule has 8 aromatic carbocycles. The van der Waals surface area contributed by atoms with Crippen molar-refractivity contribution in [1.29, 1.82) is 0 Å². The Morgan fingerprint density at radius 3 is 1.49 bits per heavy atom. The van der Waals surface area contributed by atoms with E-state index in [4.69, 9.17) is 19.4 Å². The summed E-state index contributed by atoms with van der Waals surface area (Å²) in [6.07, 6.45) is 0. The predicted molar refractivity (Wildman–Crippen MR) is 217 cm³/mol. The Morgan fingerprint density at radius 2 is 0.830 bits per heavy atom. The number of nitrogens with zero attached hydrogens (tertiary/aromatic N) is 3. The fourth-order valence-corrected chi connectivity index (χ4v) is 7.29. The minimum absolute atomic E-state index is 0.588. The number of rotatable bonds is 6. The van der Waals surface area contributed by atoms with Gasteiger partial charge in [0.15, 0.2) is 17.5 Å². The zero-order valence-corrected chi connectivity index (χ0v) is 28.6. The van der Waals surface area contributed by atoms with E-state index in [9.17, 15) is 0 Å². The van der Waals surface area contributed by atoms with E-state index in [1.165, 1.54) is 0 Å². The molecule has 0 saturated carbocycles. The largest absolute Gasteiger partial charge is 0.455 e. The van der Waals surface area contributed by atoms with Crippen LogP contribution >= 0.6 is 0 Å². The van der Waals surface area contributed by atoms with Crippen molar-refractivity contribution in [2.24, 2.45) is 0 Å². The SMILES string of the molecule is c1ccc(-c2ccc(-c3nc(-c4cc(-c5ccccc5)cc(-c5ccccc5)c4)nc(-c4cccc5oc6c7ccccc7ccc6c45)n3)cc2)cc1. The van der Waals surface area contributed by atoms with Gasteiger partial charge in [0, 0.05) is 32.8 Å². The van der Waals surface area contributed by atoms with Crippen molar-refractivity contribution in [3.05, 3.63) is 188 Å². The highest BCUT2D eigenvalue weighted by atomic mass is 16.3. The lowest BCUT2D eigenvalue weighted by molar-refractivity contribution is 0.672. The summed E-state index contributed by atoms with van der Waals surface area (Å²) in [4.78, 5) is 15.7. The summed E-state index contributed by atoms with van der Waals surface area (Å²) < 4.78 is 6.57. The Morgan fingerprint density at radius 1 is 0.321 bits per heavy atom. The van der Waals surface area contributed by atoms with Gasteiger partial charge in [-0.15, -0.1) is 0 Å². The van der Waals surface area contributed by atoms with E-state index in [1.807, 2.05) is 30.3 Å². The van der Waals surface area contributed by atoms with Crippen LogP contribution in [0.2, 0.25) is 0 Å². The monoisotopic (exact) mass is 677 g/mol. The standard InChI is InChI=1S/C49H31N3O/c1-4-13-32(14-5-1)35-23-25-37(26-24-35)47-50-48(40-30-38(33-15-6-2-7-16-33)29-39(31-40)34-17-8-3-9-18-34)52-49(51-47)43-21-12-22-44-45(43)42-28-27-36-19-10-11-20-41(36)46(42)53-44/h1-31H. The fourth-order valence-electron chi connectivity index (χ4n) is 7.29. The number of hydrogen-bond donors (Lipinski definition) is 0. The quantitative estimate of drug-likeness (QED) is 0.176. The molecule has 10 rings (SSSR count). The van der Waals surface area contributed by atoms with E-state index < -0.39 is 0 Å².